The topological polar surface area (TPSA) is 148 Å². The van der Waals surface area contributed by atoms with Crippen LogP contribution in [-0.2, 0) is 19.1 Å². The van der Waals surface area contributed by atoms with Crippen molar-refractivity contribution in [2.45, 2.75) is 0 Å². The molecule has 11 heteroatoms. The fourth-order valence-electron chi connectivity index (χ4n) is 2.60. The fraction of sp³-hybridized carbons (Fsp3) is 0.312. The van der Waals surface area contributed by atoms with Gasteiger partial charge in [0.25, 0.3) is 11.6 Å². The molecule has 1 aromatic carbocycles. The summed E-state index contributed by atoms with van der Waals surface area (Å²) in [6.07, 6.45) is 0. The molecule has 1 aromatic rings. The molecule has 0 bridgehead atoms. The van der Waals surface area contributed by atoms with Crippen LogP contribution < -0.4 is 5.32 Å². The monoisotopic (exact) mass is 379 g/mol. The van der Waals surface area contributed by atoms with E-state index in [0.717, 1.165) is 20.3 Å². The average molecular weight is 379 g/mol. The Kier molecular flexibility index (Phi) is 6.08. The second-order valence-corrected chi connectivity index (χ2v) is 5.37. The molecular weight excluding hydrogens is 362 g/mol. The summed E-state index contributed by atoms with van der Waals surface area (Å²) in [4.78, 5) is 48.3. The maximum Gasteiger partial charge on any atom is 0.347 e. The van der Waals surface area contributed by atoms with Crippen LogP contribution in [0.15, 0.2) is 29.5 Å². The van der Waals surface area contributed by atoms with Crippen LogP contribution in [0.3, 0.4) is 0 Å². The Morgan fingerprint density at radius 2 is 1.96 bits per heavy atom. The zero-order valence-corrected chi connectivity index (χ0v) is 14.6. The number of nitro groups is 1. The smallest absolute Gasteiger partial charge is 0.347 e. The number of aliphatic hydroxyl groups excluding tert-OH is 1. The molecule has 0 aliphatic carbocycles. The predicted molar refractivity (Wildman–Crippen MR) is 90.8 cm³/mol. The highest BCUT2D eigenvalue weighted by atomic mass is 16.6. The van der Waals surface area contributed by atoms with Gasteiger partial charge in [0.1, 0.15) is 5.70 Å². The van der Waals surface area contributed by atoms with Gasteiger partial charge in [-0.3, -0.25) is 14.9 Å². The molecule has 2 rings (SSSR count). The molecule has 1 aliphatic rings. The van der Waals surface area contributed by atoms with Crippen molar-refractivity contribution in [3.63, 3.8) is 0 Å². The van der Waals surface area contributed by atoms with Crippen molar-refractivity contribution < 1.29 is 33.9 Å². The maximum absolute atomic E-state index is 12.5. The third-order valence-electron chi connectivity index (χ3n) is 3.84. The molecule has 144 valence electrons. The number of amides is 1. The van der Waals surface area contributed by atoms with E-state index in [2.05, 4.69) is 14.8 Å². The maximum atomic E-state index is 12.5. The molecule has 1 heterocycles. The summed E-state index contributed by atoms with van der Waals surface area (Å²) in [5, 5.41) is 22.9. The lowest BCUT2D eigenvalue weighted by Crippen LogP contribution is -2.31. The Labute approximate surface area is 153 Å². The van der Waals surface area contributed by atoms with Crippen LogP contribution in [0, 0.1) is 10.1 Å². The van der Waals surface area contributed by atoms with Crippen molar-refractivity contribution in [3.05, 3.63) is 45.1 Å². The fourth-order valence-corrected chi connectivity index (χ4v) is 2.60. The lowest BCUT2D eigenvalue weighted by atomic mass is 10.1. The molecule has 11 nitrogen and oxygen atoms in total. The summed E-state index contributed by atoms with van der Waals surface area (Å²) in [7, 11) is 2.20. The number of nitrogens with one attached hydrogen (secondary N) is 1. The number of esters is 2. The zero-order chi connectivity index (χ0) is 20.1. The molecule has 0 radical (unpaired) electrons. The van der Waals surface area contributed by atoms with E-state index in [1.54, 1.807) is 0 Å². The van der Waals surface area contributed by atoms with E-state index < -0.39 is 34.0 Å². The molecule has 1 aliphatic heterocycles. The highest BCUT2D eigenvalue weighted by Gasteiger charge is 2.36. The number of nitrogens with zero attached hydrogens (tertiary/aromatic N) is 2. The SMILES string of the molecule is COC(=O)C1=C(Nc2cccc([N+](=O)[O-])c2C(=O)OC)C(=O)N(CCO)C1. The van der Waals surface area contributed by atoms with Crippen LogP contribution in [0.25, 0.3) is 0 Å². The number of hydrogen-bond acceptors (Lipinski definition) is 9. The molecule has 0 fully saturated rings. The zero-order valence-electron chi connectivity index (χ0n) is 14.6. The van der Waals surface area contributed by atoms with E-state index in [-0.39, 0.29) is 36.7 Å². The van der Waals surface area contributed by atoms with Gasteiger partial charge in [-0.15, -0.1) is 0 Å². The van der Waals surface area contributed by atoms with E-state index >= 15 is 0 Å². The van der Waals surface area contributed by atoms with Gasteiger partial charge in [0, 0.05) is 12.6 Å². The number of aliphatic hydroxyl groups is 1. The minimum Gasteiger partial charge on any atom is -0.466 e. The molecule has 0 atom stereocenters. The van der Waals surface area contributed by atoms with Crippen LogP contribution in [-0.4, -0.2) is 66.7 Å². The molecule has 27 heavy (non-hydrogen) atoms. The van der Waals surface area contributed by atoms with Gasteiger partial charge in [0.15, 0.2) is 5.56 Å². The molecule has 0 unspecified atom stereocenters. The average Bonchev–Trinajstić information content (AvgIpc) is 2.96. The molecular formula is C16H17N3O8. The quantitative estimate of drug-likeness (QED) is 0.381. The third-order valence-corrected chi connectivity index (χ3v) is 3.84. The first-order chi connectivity index (χ1) is 12.8. The van der Waals surface area contributed by atoms with Gasteiger partial charge >= 0.3 is 11.9 Å². The van der Waals surface area contributed by atoms with Crippen LogP contribution in [0.1, 0.15) is 10.4 Å². The minimum absolute atomic E-state index is 0.0245. The number of anilines is 1. The highest BCUT2D eigenvalue weighted by molar-refractivity contribution is 6.10. The Hall–Kier alpha value is -3.47. The molecule has 2 N–H and O–H groups in total. The molecule has 0 spiro atoms. The standard InChI is InChI=1S/C16H17N3O8/c1-26-15(22)9-8-18(6-7-20)14(21)13(9)17-10-4-3-5-11(19(24)25)12(10)16(23)27-2/h3-5,17,20H,6-8H2,1-2H3. The van der Waals surface area contributed by atoms with Crippen LogP contribution in [0.2, 0.25) is 0 Å². The minimum atomic E-state index is -0.984. The number of β-amino-alcohol motifs (C(OH)–C–C–N with tert-alkyl or cyclic N) is 1. The number of hydrogen-bond donors (Lipinski definition) is 2. The summed E-state index contributed by atoms with van der Waals surface area (Å²) in [5.41, 5.74) is -1.22. The summed E-state index contributed by atoms with van der Waals surface area (Å²) in [5.74, 6) is -2.38. The molecule has 0 saturated heterocycles. The van der Waals surface area contributed by atoms with Gasteiger partial charge in [0.05, 0.1) is 43.6 Å². The predicted octanol–water partition coefficient (Wildman–Crippen LogP) is 0.0549. The second kappa shape index (κ2) is 8.27. The number of methoxy groups -OCH3 is 2. The largest absolute Gasteiger partial charge is 0.466 e. The second-order valence-electron chi connectivity index (χ2n) is 5.37. The summed E-state index contributed by atoms with van der Waals surface area (Å²) < 4.78 is 9.25. The van der Waals surface area contributed by atoms with Crippen LogP contribution in [0.5, 0.6) is 0 Å². The van der Waals surface area contributed by atoms with Crippen molar-refractivity contribution in [3.8, 4) is 0 Å². The Morgan fingerprint density at radius 1 is 1.30 bits per heavy atom. The van der Waals surface area contributed by atoms with Crippen molar-refractivity contribution in [1.82, 2.24) is 4.90 Å². The highest BCUT2D eigenvalue weighted by Crippen LogP contribution is 2.30. The first kappa shape index (κ1) is 19.8. The van der Waals surface area contributed by atoms with Gasteiger partial charge < -0.3 is 24.8 Å². The van der Waals surface area contributed by atoms with E-state index in [9.17, 15) is 24.5 Å². The number of carbonyl (C=O) groups excluding carboxylic acids is 3. The van der Waals surface area contributed by atoms with E-state index in [0.29, 0.717) is 0 Å². The normalized spacial score (nSPS) is 13.6. The number of benzene rings is 1. The van der Waals surface area contributed by atoms with E-state index in [1.807, 2.05) is 0 Å². The number of carbonyl (C=O) groups is 3. The molecule has 0 aromatic heterocycles. The van der Waals surface area contributed by atoms with Gasteiger partial charge in [-0.25, -0.2) is 9.59 Å². The molecule has 1 amide bonds. The van der Waals surface area contributed by atoms with Crippen molar-refractivity contribution in [1.29, 1.82) is 0 Å². The Balaban J connectivity index is 2.54. The number of nitro benzene ring substituents is 1. The summed E-state index contributed by atoms with van der Waals surface area (Å²) >= 11 is 0. The molecule has 0 saturated carbocycles. The van der Waals surface area contributed by atoms with Crippen LogP contribution in [0.4, 0.5) is 11.4 Å². The summed E-state index contributed by atoms with van der Waals surface area (Å²) in [6, 6.07) is 3.76. The van der Waals surface area contributed by atoms with Gasteiger partial charge in [-0.2, -0.15) is 0 Å². The van der Waals surface area contributed by atoms with Crippen molar-refractivity contribution in [2.75, 3.05) is 39.2 Å². The van der Waals surface area contributed by atoms with E-state index in [4.69, 9.17) is 5.11 Å². The lowest BCUT2D eigenvalue weighted by Gasteiger charge is -2.15. The van der Waals surface area contributed by atoms with Crippen LogP contribution >= 0.6 is 0 Å². The number of rotatable bonds is 7. The first-order valence-electron chi connectivity index (χ1n) is 7.70. The lowest BCUT2D eigenvalue weighted by molar-refractivity contribution is -0.385. The Morgan fingerprint density at radius 3 is 2.52 bits per heavy atom. The Bertz CT molecular complexity index is 833. The van der Waals surface area contributed by atoms with Crippen molar-refractivity contribution in [2.24, 2.45) is 0 Å². The van der Waals surface area contributed by atoms with Gasteiger partial charge in [0.2, 0.25) is 0 Å². The van der Waals surface area contributed by atoms with E-state index in [1.165, 1.54) is 17.0 Å². The van der Waals surface area contributed by atoms with Gasteiger partial charge in [-0.1, -0.05) is 6.07 Å². The first-order valence-corrected chi connectivity index (χ1v) is 7.70. The third kappa shape index (κ3) is 3.87. The number of ether oxygens (including phenoxy) is 2. The van der Waals surface area contributed by atoms with Crippen molar-refractivity contribution >= 4 is 29.2 Å². The van der Waals surface area contributed by atoms with Gasteiger partial charge in [-0.05, 0) is 6.07 Å². The summed E-state index contributed by atoms with van der Waals surface area (Å²) in [6.45, 7) is -0.460.